The SMILES string of the molecule is CCC(C)(C)NC(=O)C(CC(C)C(=O)O)NC(=O)c1ccc(-c2ccccc2)cc1. The normalized spacial score (nSPS) is 13.2. The smallest absolute Gasteiger partial charge is 0.306 e. The van der Waals surface area contributed by atoms with Gasteiger partial charge in [-0.1, -0.05) is 56.3 Å². The summed E-state index contributed by atoms with van der Waals surface area (Å²) in [7, 11) is 0. The number of nitrogens with one attached hydrogen (secondary N) is 2. The van der Waals surface area contributed by atoms with E-state index in [1.807, 2.05) is 63.2 Å². The molecule has 2 rings (SSSR count). The summed E-state index contributed by atoms with van der Waals surface area (Å²) in [6, 6.07) is 15.9. The fourth-order valence-electron chi connectivity index (χ4n) is 2.88. The molecule has 0 aromatic heterocycles. The minimum Gasteiger partial charge on any atom is -0.481 e. The van der Waals surface area contributed by atoms with Gasteiger partial charge in [-0.3, -0.25) is 14.4 Å². The summed E-state index contributed by atoms with van der Waals surface area (Å²) in [5.74, 6) is -2.58. The fraction of sp³-hybridized carbons (Fsp3) is 0.375. The molecular weight excluding hydrogens is 380 g/mol. The van der Waals surface area contributed by atoms with Crippen molar-refractivity contribution in [3.8, 4) is 11.1 Å². The molecule has 6 heteroatoms. The van der Waals surface area contributed by atoms with E-state index in [-0.39, 0.29) is 12.3 Å². The van der Waals surface area contributed by atoms with Gasteiger partial charge in [0, 0.05) is 11.1 Å². The Morgan fingerprint density at radius 3 is 2.07 bits per heavy atom. The molecule has 0 fully saturated rings. The molecule has 0 aliphatic heterocycles. The minimum atomic E-state index is -1.01. The van der Waals surface area contributed by atoms with E-state index in [0.717, 1.165) is 11.1 Å². The Morgan fingerprint density at radius 1 is 0.967 bits per heavy atom. The largest absolute Gasteiger partial charge is 0.481 e. The molecule has 2 amide bonds. The third-order valence-electron chi connectivity index (χ3n) is 5.23. The van der Waals surface area contributed by atoms with E-state index in [0.29, 0.717) is 12.0 Å². The molecule has 0 radical (unpaired) electrons. The number of amides is 2. The van der Waals surface area contributed by atoms with Gasteiger partial charge < -0.3 is 15.7 Å². The van der Waals surface area contributed by atoms with Crippen LogP contribution in [-0.4, -0.2) is 34.5 Å². The van der Waals surface area contributed by atoms with Gasteiger partial charge in [0.2, 0.25) is 5.91 Å². The second kappa shape index (κ2) is 10.1. The van der Waals surface area contributed by atoms with E-state index >= 15 is 0 Å². The molecule has 0 aliphatic rings. The minimum absolute atomic E-state index is 0.00873. The Hall–Kier alpha value is -3.15. The second-order valence-electron chi connectivity index (χ2n) is 8.17. The van der Waals surface area contributed by atoms with Gasteiger partial charge >= 0.3 is 5.97 Å². The molecule has 0 aliphatic carbocycles. The van der Waals surface area contributed by atoms with E-state index in [1.165, 1.54) is 6.92 Å². The van der Waals surface area contributed by atoms with E-state index < -0.39 is 29.4 Å². The van der Waals surface area contributed by atoms with Gasteiger partial charge in [0.15, 0.2) is 0 Å². The molecule has 0 bridgehead atoms. The van der Waals surface area contributed by atoms with Crippen LogP contribution in [0.4, 0.5) is 0 Å². The summed E-state index contributed by atoms with van der Waals surface area (Å²) in [5.41, 5.74) is 1.97. The maximum atomic E-state index is 12.8. The first-order chi connectivity index (χ1) is 14.1. The first-order valence-electron chi connectivity index (χ1n) is 10.1. The van der Waals surface area contributed by atoms with Crippen LogP contribution in [0.15, 0.2) is 54.6 Å². The van der Waals surface area contributed by atoms with Crippen molar-refractivity contribution in [1.29, 1.82) is 0 Å². The van der Waals surface area contributed by atoms with Crippen LogP contribution in [0.2, 0.25) is 0 Å². The average Bonchev–Trinajstić information content (AvgIpc) is 2.73. The third kappa shape index (κ3) is 6.44. The van der Waals surface area contributed by atoms with Gasteiger partial charge in [-0.25, -0.2) is 0 Å². The molecule has 160 valence electrons. The van der Waals surface area contributed by atoms with Crippen LogP contribution in [-0.2, 0) is 9.59 Å². The molecule has 3 N–H and O–H groups in total. The lowest BCUT2D eigenvalue weighted by Crippen LogP contribution is -2.53. The molecule has 30 heavy (non-hydrogen) atoms. The highest BCUT2D eigenvalue weighted by Gasteiger charge is 2.29. The van der Waals surface area contributed by atoms with Crippen LogP contribution < -0.4 is 10.6 Å². The van der Waals surface area contributed by atoms with Crippen molar-refractivity contribution >= 4 is 17.8 Å². The molecule has 2 aromatic rings. The Kier molecular flexibility index (Phi) is 7.75. The van der Waals surface area contributed by atoms with Gasteiger partial charge in [-0.05, 0) is 49.9 Å². The third-order valence-corrected chi connectivity index (χ3v) is 5.23. The van der Waals surface area contributed by atoms with Gasteiger partial charge in [-0.2, -0.15) is 0 Å². The van der Waals surface area contributed by atoms with Gasteiger partial charge in [0.05, 0.1) is 5.92 Å². The number of benzene rings is 2. The lowest BCUT2D eigenvalue weighted by molar-refractivity contribution is -0.141. The highest BCUT2D eigenvalue weighted by molar-refractivity contribution is 5.98. The highest BCUT2D eigenvalue weighted by Crippen LogP contribution is 2.19. The number of carboxylic acid groups (broad SMARTS) is 1. The Bertz CT molecular complexity index is 876. The monoisotopic (exact) mass is 410 g/mol. The molecule has 0 saturated heterocycles. The van der Waals surface area contributed by atoms with Gasteiger partial charge in [0.25, 0.3) is 5.91 Å². The standard InChI is InChI=1S/C24H30N2O4/c1-5-24(3,4)26-22(28)20(15-16(2)23(29)30)25-21(27)19-13-11-18(12-14-19)17-9-7-6-8-10-17/h6-14,16,20H,5,15H2,1-4H3,(H,25,27)(H,26,28)(H,29,30). The molecule has 0 spiro atoms. The number of aliphatic carboxylic acids is 1. The average molecular weight is 411 g/mol. The quantitative estimate of drug-likeness (QED) is 0.585. The first-order valence-corrected chi connectivity index (χ1v) is 10.1. The topological polar surface area (TPSA) is 95.5 Å². The summed E-state index contributed by atoms with van der Waals surface area (Å²) >= 11 is 0. The van der Waals surface area contributed by atoms with Crippen LogP contribution in [0.25, 0.3) is 11.1 Å². The van der Waals surface area contributed by atoms with Crippen molar-refractivity contribution in [2.45, 2.75) is 52.1 Å². The predicted molar refractivity (Wildman–Crippen MR) is 117 cm³/mol. The summed E-state index contributed by atoms with van der Waals surface area (Å²) in [6.45, 7) is 7.23. The summed E-state index contributed by atoms with van der Waals surface area (Å²) in [6.07, 6.45) is 0.712. The van der Waals surface area contributed by atoms with Gasteiger partial charge in [0.1, 0.15) is 6.04 Å². The Balaban J connectivity index is 2.16. The molecule has 2 atom stereocenters. The zero-order chi connectivity index (χ0) is 22.3. The summed E-state index contributed by atoms with van der Waals surface area (Å²) in [5, 5.41) is 14.8. The summed E-state index contributed by atoms with van der Waals surface area (Å²) in [4.78, 5) is 36.8. The lowest BCUT2D eigenvalue weighted by atomic mass is 9.97. The van der Waals surface area contributed by atoms with E-state index in [1.54, 1.807) is 12.1 Å². The number of hydrogen-bond donors (Lipinski definition) is 3. The number of carbonyl (C=O) groups excluding carboxylic acids is 2. The van der Waals surface area contributed by atoms with Crippen molar-refractivity contribution < 1.29 is 19.5 Å². The molecule has 6 nitrogen and oxygen atoms in total. The van der Waals surface area contributed by atoms with Crippen molar-refractivity contribution in [3.05, 3.63) is 60.2 Å². The molecule has 0 saturated carbocycles. The Morgan fingerprint density at radius 2 is 1.53 bits per heavy atom. The van der Waals surface area contributed by atoms with Gasteiger partial charge in [-0.15, -0.1) is 0 Å². The second-order valence-corrected chi connectivity index (χ2v) is 8.17. The highest BCUT2D eigenvalue weighted by atomic mass is 16.4. The van der Waals surface area contributed by atoms with E-state index in [2.05, 4.69) is 10.6 Å². The lowest BCUT2D eigenvalue weighted by Gasteiger charge is -2.28. The molecule has 2 unspecified atom stereocenters. The van der Waals surface area contributed by atoms with Crippen molar-refractivity contribution in [1.82, 2.24) is 10.6 Å². The fourth-order valence-corrected chi connectivity index (χ4v) is 2.88. The van der Waals surface area contributed by atoms with E-state index in [4.69, 9.17) is 0 Å². The number of carbonyl (C=O) groups is 3. The van der Waals surface area contributed by atoms with Crippen LogP contribution >= 0.6 is 0 Å². The van der Waals surface area contributed by atoms with Crippen molar-refractivity contribution in [2.75, 3.05) is 0 Å². The predicted octanol–water partition coefficient (Wildman–Crippen LogP) is 3.87. The van der Waals surface area contributed by atoms with Crippen LogP contribution in [0.5, 0.6) is 0 Å². The van der Waals surface area contributed by atoms with Crippen molar-refractivity contribution in [2.24, 2.45) is 5.92 Å². The van der Waals surface area contributed by atoms with Crippen LogP contribution in [0, 0.1) is 5.92 Å². The number of rotatable bonds is 9. The number of hydrogen-bond acceptors (Lipinski definition) is 3. The molecular formula is C24H30N2O4. The molecule has 2 aromatic carbocycles. The molecule has 0 heterocycles. The maximum Gasteiger partial charge on any atom is 0.306 e. The van der Waals surface area contributed by atoms with E-state index in [9.17, 15) is 19.5 Å². The van der Waals surface area contributed by atoms with Crippen LogP contribution in [0.3, 0.4) is 0 Å². The zero-order valence-electron chi connectivity index (χ0n) is 17.9. The first kappa shape index (κ1) is 23.1. The summed E-state index contributed by atoms with van der Waals surface area (Å²) < 4.78 is 0. The number of carboxylic acids is 1. The Labute approximate surface area is 177 Å². The maximum absolute atomic E-state index is 12.8. The zero-order valence-corrected chi connectivity index (χ0v) is 17.9. The van der Waals surface area contributed by atoms with Crippen LogP contribution in [0.1, 0.15) is 50.9 Å². The van der Waals surface area contributed by atoms with Crippen molar-refractivity contribution in [3.63, 3.8) is 0 Å².